The van der Waals surface area contributed by atoms with Gasteiger partial charge in [-0.15, -0.1) is 0 Å². The first-order valence-corrected chi connectivity index (χ1v) is 5.97. The van der Waals surface area contributed by atoms with E-state index in [1.54, 1.807) is 12.4 Å². The maximum absolute atomic E-state index is 12.2. The molecule has 1 atom stereocenters. The van der Waals surface area contributed by atoms with Crippen molar-refractivity contribution in [2.24, 2.45) is 0 Å². The lowest BCUT2D eigenvalue weighted by molar-refractivity contribution is -0.125. The quantitative estimate of drug-likeness (QED) is 0.759. The summed E-state index contributed by atoms with van der Waals surface area (Å²) in [6.45, 7) is 2.82. The number of pyridine rings is 1. The van der Waals surface area contributed by atoms with Crippen molar-refractivity contribution >= 4 is 5.78 Å². The van der Waals surface area contributed by atoms with Crippen LogP contribution in [0.25, 0.3) is 0 Å². The number of carbonyl (C=O) groups is 1. The van der Waals surface area contributed by atoms with Crippen molar-refractivity contribution in [2.75, 3.05) is 33.7 Å². The molecule has 1 aromatic rings. The third-order valence-electron chi connectivity index (χ3n) is 3.32. The third-order valence-corrected chi connectivity index (χ3v) is 3.32. The van der Waals surface area contributed by atoms with E-state index in [9.17, 15) is 4.79 Å². The van der Waals surface area contributed by atoms with E-state index in [1.165, 1.54) is 0 Å². The number of ketones is 1. The Morgan fingerprint density at radius 2 is 2.29 bits per heavy atom. The molecule has 1 saturated heterocycles. The number of Topliss-reactive ketones (excluding diaryl/α,β-unsaturated/α-hetero) is 1. The molecule has 4 nitrogen and oxygen atoms in total. The molecule has 1 aliphatic heterocycles. The first kappa shape index (κ1) is 12.2. The molecule has 0 saturated carbocycles. The number of hydrogen-bond acceptors (Lipinski definition) is 4. The molecule has 1 fully saturated rings. The predicted molar refractivity (Wildman–Crippen MR) is 66.9 cm³/mol. The zero-order valence-corrected chi connectivity index (χ0v) is 10.5. The van der Waals surface area contributed by atoms with Crippen LogP contribution in [0.15, 0.2) is 24.5 Å². The first-order valence-electron chi connectivity index (χ1n) is 5.97. The summed E-state index contributed by atoms with van der Waals surface area (Å²) in [5.41, 5.74) is 0.999. The van der Waals surface area contributed by atoms with Gasteiger partial charge in [0.1, 0.15) is 0 Å². The van der Waals surface area contributed by atoms with Crippen LogP contribution in [0.3, 0.4) is 0 Å². The second-order valence-corrected chi connectivity index (χ2v) is 4.76. The van der Waals surface area contributed by atoms with Gasteiger partial charge >= 0.3 is 0 Å². The zero-order valence-electron chi connectivity index (χ0n) is 10.5. The van der Waals surface area contributed by atoms with E-state index >= 15 is 0 Å². The van der Waals surface area contributed by atoms with Crippen molar-refractivity contribution in [3.63, 3.8) is 0 Å². The van der Waals surface area contributed by atoms with Crippen LogP contribution in [0, 0.1) is 0 Å². The Morgan fingerprint density at radius 3 is 3.00 bits per heavy atom. The fraction of sp³-hybridized carbons (Fsp3) is 0.538. The molecule has 17 heavy (non-hydrogen) atoms. The zero-order chi connectivity index (χ0) is 12.3. The van der Waals surface area contributed by atoms with E-state index in [4.69, 9.17) is 0 Å². The number of nitrogens with zero attached hydrogens (tertiary/aromatic N) is 3. The largest absolute Gasteiger partial charge is 0.303 e. The summed E-state index contributed by atoms with van der Waals surface area (Å²) in [5.74, 6) is 0.284. The Labute approximate surface area is 102 Å². The van der Waals surface area contributed by atoms with Crippen molar-refractivity contribution in [3.05, 3.63) is 30.1 Å². The fourth-order valence-electron chi connectivity index (χ4n) is 2.18. The van der Waals surface area contributed by atoms with Gasteiger partial charge in [-0.1, -0.05) is 6.07 Å². The summed E-state index contributed by atoms with van der Waals surface area (Å²) in [6, 6.07) is 3.85. The average Bonchev–Trinajstić information content (AvgIpc) is 2.33. The molecular weight excluding hydrogens is 214 g/mol. The van der Waals surface area contributed by atoms with Crippen LogP contribution in [0.5, 0.6) is 0 Å². The van der Waals surface area contributed by atoms with Gasteiger partial charge in [0.2, 0.25) is 0 Å². The normalized spacial score (nSPS) is 22.6. The van der Waals surface area contributed by atoms with E-state index in [-0.39, 0.29) is 11.8 Å². The fourth-order valence-corrected chi connectivity index (χ4v) is 2.18. The SMILES string of the molecule is CN1CCN(C)C(C(=O)Cc2cccnc2)C1. The summed E-state index contributed by atoms with van der Waals surface area (Å²) in [6.07, 6.45) is 3.98. The lowest BCUT2D eigenvalue weighted by atomic mass is 10.0. The minimum Gasteiger partial charge on any atom is -0.303 e. The average molecular weight is 233 g/mol. The van der Waals surface area contributed by atoms with Gasteiger partial charge in [0.05, 0.1) is 6.04 Å². The Kier molecular flexibility index (Phi) is 3.86. The van der Waals surface area contributed by atoms with Gasteiger partial charge in [-0.05, 0) is 25.7 Å². The van der Waals surface area contributed by atoms with Crippen LogP contribution in [0.1, 0.15) is 5.56 Å². The molecule has 1 unspecified atom stereocenters. The highest BCUT2D eigenvalue weighted by atomic mass is 16.1. The minimum absolute atomic E-state index is 0.0222. The molecule has 0 bridgehead atoms. The van der Waals surface area contributed by atoms with Crippen molar-refractivity contribution in [3.8, 4) is 0 Å². The maximum Gasteiger partial charge on any atom is 0.155 e. The standard InChI is InChI=1S/C13H19N3O/c1-15-6-7-16(2)12(10-15)13(17)8-11-4-3-5-14-9-11/h3-5,9,12H,6-8,10H2,1-2H3. The van der Waals surface area contributed by atoms with Crippen molar-refractivity contribution in [1.29, 1.82) is 0 Å². The smallest absolute Gasteiger partial charge is 0.155 e. The lowest BCUT2D eigenvalue weighted by Crippen LogP contribution is -2.53. The molecule has 0 N–H and O–H groups in total. The number of likely N-dealkylation sites (N-methyl/N-ethyl adjacent to an activating group) is 2. The topological polar surface area (TPSA) is 36.4 Å². The molecule has 0 aromatic carbocycles. The highest BCUT2D eigenvalue weighted by Gasteiger charge is 2.27. The molecule has 92 valence electrons. The van der Waals surface area contributed by atoms with Crippen LogP contribution < -0.4 is 0 Å². The van der Waals surface area contributed by atoms with E-state index in [2.05, 4.69) is 21.8 Å². The third kappa shape index (κ3) is 3.11. The minimum atomic E-state index is 0.0222. The number of piperazine rings is 1. The Balaban J connectivity index is 1.99. The number of rotatable bonds is 3. The molecular formula is C13H19N3O. The second kappa shape index (κ2) is 5.38. The molecule has 0 amide bonds. The molecule has 2 heterocycles. The molecule has 0 aliphatic carbocycles. The summed E-state index contributed by atoms with van der Waals surface area (Å²) < 4.78 is 0. The molecule has 1 aliphatic rings. The number of hydrogen-bond donors (Lipinski definition) is 0. The van der Waals surface area contributed by atoms with Crippen LogP contribution in [-0.4, -0.2) is 60.3 Å². The van der Waals surface area contributed by atoms with Crippen LogP contribution in [0.4, 0.5) is 0 Å². The van der Waals surface area contributed by atoms with Crippen LogP contribution in [-0.2, 0) is 11.2 Å². The van der Waals surface area contributed by atoms with Gasteiger partial charge < -0.3 is 4.90 Å². The summed E-state index contributed by atoms with van der Waals surface area (Å²) in [5, 5.41) is 0. The summed E-state index contributed by atoms with van der Waals surface area (Å²) in [4.78, 5) is 20.6. The summed E-state index contributed by atoms with van der Waals surface area (Å²) in [7, 11) is 4.09. The molecule has 1 aromatic heterocycles. The van der Waals surface area contributed by atoms with Gasteiger partial charge in [0.15, 0.2) is 5.78 Å². The highest BCUT2D eigenvalue weighted by Crippen LogP contribution is 2.10. The van der Waals surface area contributed by atoms with E-state index in [0.29, 0.717) is 6.42 Å². The molecule has 0 radical (unpaired) electrons. The Hall–Kier alpha value is -1.26. The van der Waals surface area contributed by atoms with Crippen LogP contribution >= 0.6 is 0 Å². The highest BCUT2D eigenvalue weighted by molar-refractivity contribution is 5.86. The van der Waals surface area contributed by atoms with E-state index in [0.717, 1.165) is 25.2 Å². The predicted octanol–water partition coefficient (Wildman–Crippen LogP) is 0.439. The maximum atomic E-state index is 12.2. The number of aromatic nitrogens is 1. The summed E-state index contributed by atoms with van der Waals surface area (Å²) >= 11 is 0. The lowest BCUT2D eigenvalue weighted by Gasteiger charge is -2.36. The Morgan fingerprint density at radius 1 is 1.47 bits per heavy atom. The van der Waals surface area contributed by atoms with Crippen molar-refractivity contribution in [2.45, 2.75) is 12.5 Å². The van der Waals surface area contributed by atoms with Gasteiger partial charge in [-0.3, -0.25) is 14.7 Å². The molecule has 4 heteroatoms. The van der Waals surface area contributed by atoms with E-state index in [1.807, 2.05) is 19.2 Å². The van der Waals surface area contributed by atoms with Gasteiger partial charge in [0, 0.05) is 38.4 Å². The van der Waals surface area contributed by atoms with Crippen LogP contribution in [0.2, 0.25) is 0 Å². The van der Waals surface area contributed by atoms with Gasteiger partial charge in [-0.2, -0.15) is 0 Å². The molecule has 0 spiro atoms. The molecule has 2 rings (SSSR count). The monoisotopic (exact) mass is 233 g/mol. The Bertz CT molecular complexity index is 380. The van der Waals surface area contributed by atoms with Gasteiger partial charge in [0.25, 0.3) is 0 Å². The number of carbonyl (C=O) groups excluding carboxylic acids is 1. The second-order valence-electron chi connectivity index (χ2n) is 4.76. The van der Waals surface area contributed by atoms with E-state index < -0.39 is 0 Å². The van der Waals surface area contributed by atoms with Crippen molar-refractivity contribution in [1.82, 2.24) is 14.8 Å². The van der Waals surface area contributed by atoms with Crippen molar-refractivity contribution < 1.29 is 4.79 Å². The first-order chi connectivity index (χ1) is 8.16. The van der Waals surface area contributed by atoms with Gasteiger partial charge in [-0.25, -0.2) is 0 Å².